The van der Waals surface area contributed by atoms with Crippen molar-refractivity contribution in [1.29, 1.82) is 0 Å². The number of hydrogen-bond donors (Lipinski definition) is 1. The van der Waals surface area contributed by atoms with E-state index in [1.165, 1.54) is 39.1 Å². The molecule has 0 unspecified atom stereocenters. The SMILES string of the molecule is CC(=O)C(C)(C)Oc1ncccc1Oc1cc(-n2c(=O)cc(C(F)(F)F)n(N)c2=O)c(F)cc1Cl. The molecule has 2 heterocycles. The summed E-state index contributed by atoms with van der Waals surface area (Å²) in [5.41, 5.74) is -6.94. The minimum atomic E-state index is -5.11. The Balaban J connectivity index is 2.13. The maximum Gasteiger partial charge on any atom is 0.433 e. The number of aromatic nitrogens is 3. The van der Waals surface area contributed by atoms with E-state index in [9.17, 15) is 31.9 Å². The van der Waals surface area contributed by atoms with Crippen molar-refractivity contribution in [2.75, 3.05) is 5.84 Å². The molecule has 0 aliphatic rings. The van der Waals surface area contributed by atoms with Gasteiger partial charge in [0.1, 0.15) is 11.6 Å². The van der Waals surface area contributed by atoms with Crippen LogP contribution in [0.2, 0.25) is 5.02 Å². The van der Waals surface area contributed by atoms with Crippen molar-refractivity contribution in [3.63, 3.8) is 0 Å². The molecule has 0 saturated carbocycles. The first-order valence-corrected chi connectivity index (χ1v) is 10.0. The number of ketones is 1. The van der Waals surface area contributed by atoms with Gasteiger partial charge in [0.2, 0.25) is 0 Å². The number of carbonyl (C=O) groups excluding carboxylic acids is 1. The number of nitrogens with zero attached hydrogens (tertiary/aromatic N) is 3. The molecule has 9 nitrogen and oxygen atoms in total. The highest BCUT2D eigenvalue weighted by atomic mass is 35.5. The molecule has 0 fully saturated rings. The summed E-state index contributed by atoms with van der Waals surface area (Å²) in [6.45, 7) is 4.29. The minimum absolute atomic E-state index is 0.0485. The van der Waals surface area contributed by atoms with Gasteiger partial charge in [0.25, 0.3) is 11.4 Å². The Labute approximate surface area is 199 Å². The van der Waals surface area contributed by atoms with E-state index in [1.54, 1.807) is 0 Å². The number of nitrogens with two attached hydrogens (primary N) is 1. The highest BCUT2D eigenvalue weighted by Gasteiger charge is 2.36. The van der Waals surface area contributed by atoms with E-state index >= 15 is 0 Å². The lowest BCUT2D eigenvalue weighted by Gasteiger charge is -2.23. The fraction of sp³-hybridized carbons (Fsp3) is 0.238. The lowest BCUT2D eigenvalue weighted by atomic mass is 10.1. The Bertz CT molecular complexity index is 1430. The third kappa shape index (κ3) is 5.14. The number of halogens is 5. The highest BCUT2D eigenvalue weighted by molar-refractivity contribution is 6.32. The molecule has 1 aromatic carbocycles. The molecule has 3 rings (SSSR count). The Morgan fingerprint density at radius 1 is 1.14 bits per heavy atom. The molecule has 0 atom stereocenters. The number of carbonyl (C=O) groups is 1. The number of Topliss-reactive ketones (excluding diaryl/α,β-unsaturated/α-hetero) is 1. The monoisotopic (exact) mass is 516 g/mol. The summed E-state index contributed by atoms with van der Waals surface area (Å²) in [5, 5.41) is -0.320. The molecule has 35 heavy (non-hydrogen) atoms. The number of ether oxygens (including phenoxy) is 2. The highest BCUT2D eigenvalue weighted by Crippen LogP contribution is 2.37. The lowest BCUT2D eigenvalue weighted by Crippen LogP contribution is -2.45. The van der Waals surface area contributed by atoms with E-state index in [4.69, 9.17) is 26.9 Å². The second kappa shape index (κ2) is 9.06. The van der Waals surface area contributed by atoms with Gasteiger partial charge in [-0.1, -0.05) is 11.6 Å². The number of rotatable bonds is 6. The Morgan fingerprint density at radius 3 is 2.40 bits per heavy atom. The zero-order valence-electron chi connectivity index (χ0n) is 18.3. The third-order valence-corrected chi connectivity index (χ3v) is 5.12. The van der Waals surface area contributed by atoms with Gasteiger partial charge in [-0.05, 0) is 39.0 Å². The van der Waals surface area contributed by atoms with Crippen LogP contribution < -0.4 is 26.6 Å². The molecule has 0 spiro atoms. The largest absolute Gasteiger partial charge is 0.461 e. The van der Waals surface area contributed by atoms with Crippen LogP contribution >= 0.6 is 11.6 Å². The molecule has 3 aromatic rings. The van der Waals surface area contributed by atoms with Crippen molar-refractivity contribution in [3.8, 4) is 23.1 Å². The molecular formula is C21H17ClF4N4O5. The summed E-state index contributed by atoms with van der Waals surface area (Å²) in [7, 11) is 0. The number of nitrogen functional groups attached to an aromatic ring is 1. The van der Waals surface area contributed by atoms with Gasteiger partial charge in [0, 0.05) is 18.3 Å². The van der Waals surface area contributed by atoms with Gasteiger partial charge in [0.05, 0.1) is 10.7 Å². The minimum Gasteiger partial charge on any atom is -0.461 e. The smallest absolute Gasteiger partial charge is 0.433 e. The van der Waals surface area contributed by atoms with Crippen molar-refractivity contribution in [3.05, 3.63) is 73.9 Å². The van der Waals surface area contributed by atoms with Crippen LogP contribution in [0.3, 0.4) is 0 Å². The van der Waals surface area contributed by atoms with Crippen LogP contribution in [0.5, 0.6) is 17.4 Å². The Morgan fingerprint density at radius 2 is 1.80 bits per heavy atom. The first kappa shape index (κ1) is 25.7. The third-order valence-electron chi connectivity index (χ3n) is 4.83. The van der Waals surface area contributed by atoms with Crippen molar-refractivity contribution in [1.82, 2.24) is 14.2 Å². The van der Waals surface area contributed by atoms with Crippen molar-refractivity contribution < 1.29 is 31.8 Å². The van der Waals surface area contributed by atoms with E-state index in [0.29, 0.717) is 6.07 Å². The van der Waals surface area contributed by atoms with Crippen LogP contribution in [-0.2, 0) is 11.0 Å². The lowest BCUT2D eigenvalue weighted by molar-refractivity contribution is -0.143. The van der Waals surface area contributed by atoms with E-state index in [-0.39, 0.29) is 43.5 Å². The summed E-state index contributed by atoms with van der Waals surface area (Å²) < 4.78 is 64.8. The maximum absolute atomic E-state index is 14.7. The molecular weight excluding hydrogens is 500 g/mol. The maximum atomic E-state index is 14.7. The fourth-order valence-corrected chi connectivity index (χ4v) is 2.92. The quantitative estimate of drug-likeness (QED) is 0.394. The first-order valence-electron chi connectivity index (χ1n) is 9.67. The molecule has 0 aliphatic carbocycles. The molecule has 0 amide bonds. The van der Waals surface area contributed by atoms with E-state index in [2.05, 4.69) is 4.98 Å². The van der Waals surface area contributed by atoms with Gasteiger partial charge in [-0.3, -0.25) is 9.59 Å². The number of benzene rings is 1. The number of alkyl halides is 3. The van der Waals surface area contributed by atoms with Crippen LogP contribution in [0.15, 0.2) is 46.1 Å². The van der Waals surface area contributed by atoms with Crippen LogP contribution in [0, 0.1) is 5.82 Å². The second-order valence-corrected chi connectivity index (χ2v) is 8.07. The molecule has 0 radical (unpaired) electrons. The van der Waals surface area contributed by atoms with Crippen molar-refractivity contribution in [2.45, 2.75) is 32.5 Å². The summed E-state index contributed by atoms with van der Waals surface area (Å²) >= 11 is 6.05. The number of pyridine rings is 1. The predicted molar refractivity (Wildman–Crippen MR) is 116 cm³/mol. The van der Waals surface area contributed by atoms with E-state index < -0.39 is 40.2 Å². The van der Waals surface area contributed by atoms with Gasteiger partial charge < -0.3 is 15.3 Å². The van der Waals surface area contributed by atoms with Crippen LogP contribution in [0.4, 0.5) is 17.6 Å². The van der Waals surface area contributed by atoms with Gasteiger partial charge in [-0.2, -0.15) is 13.2 Å². The molecule has 0 saturated heterocycles. The zero-order chi connectivity index (χ0) is 26.3. The molecule has 2 aromatic heterocycles. The second-order valence-electron chi connectivity index (χ2n) is 7.66. The van der Waals surface area contributed by atoms with E-state index in [0.717, 1.165) is 6.07 Å². The first-order chi connectivity index (χ1) is 16.1. The van der Waals surface area contributed by atoms with Gasteiger partial charge >= 0.3 is 11.9 Å². The molecule has 14 heteroatoms. The zero-order valence-corrected chi connectivity index (χ0v) is 19.1. The van der Waals surface area contributed by atoms with Gasteiger partial charge in [-0.25, -0.2) is 23.4 Å². The molecule has 2 N–H and O–H groups in total. The number of hydrogen-bond acceptors (Lipinski definition) is 7. The normalized spacial score (nSPS) is 11.9. The summed E-state index contributed by atoms with van der Waals surface area (Å²) in [4.78, 5) is 40.6. The summed E-state index contributed by atoms with van der Waals surface area (Å²) in [5.74, 6) is 3.15. The fourth-order valence-electron chi connectivity index (χ4n) is 2.73. The van der Waals surface area contributed by atoms with Crippen molar-refractivity contribution >= 4 is 17.4 Å². The molecule has 0 bridgehead atoms. The topological polar surface area (TPSA) is 118 Å². The standard InChI is InChI=1S/C21H17ClF4N4O5/c1-10(31)20(2,3)35-18-14(5-4-6-28-18)34-15-8-13(12(23)7-11(15)22)29-17(32)9-16(21(24,25)26)30(27)19(29)33/h4-9H,27H2,1-3H3. The van der Waals surface area contributed by atoms with Crippen LogP contribution in [-0.4, -0.2) is 25.6 Å². The van der Waals surface area contributed by atoms with Crippen LogP contribution in [0.25, 0.3) is 5.69 Å². The predicted octanol–water partition coefficient (Wildman–Crippen LogP) is 3.46. The Hall–Kier alpha value is -3.87. The Kier molecular flexibility index (Phi) is 6.66. The summed E-state index contributed by atoms with van der Waals surface area (Å²) in [6.07, 6.45) is -3.76. The molecule has 186 valence electrons. The van der Waals surface area contributed by atoms with Crippen molar-refractivity contribution in [2.24, 2.45) is 0 Å². The average Bonchev–Trinajstić information content (AvgIpc) is 2.74. The van der Waals surface area contributed by atoms with Gasteiger partial charge in [0.15, 0.2) is 22.8 Å². The van der Waals surface area contributed by atoms with Crippen LogP contribution in [0.1, 0.15) is 26.5 Å². The van der Waals surface area contributed by atoms with E-state index in [1.807, 2.05) is 0 Å². The van der Waals surface area contributed by atoms with Gasteiger partial charge in [-0.15, -0.1) is 0 Å². The molecule has 0 aliphatic heterocycles. The average molecular weight is 517 g/mol. The summed E-state index contributed by atoms with van der Waals surface area (Å²) in [6, 6.07) is 4.39.